The number of nitrogens with one attached hydrogen (secondary N) is 2. The minimum atomic E-state index is -1.36. The fraction of sp³-hybridized carbons (Fsp3) is 0.412. The lowest BCUT2D eigenvalue weighted by atomic mass is 9.99. The van der Waals surface area contributed by atoms with E-state index in [4.69, 9.17) is 11.6 Å². The third kappa shape index (κ3) is 4.61. The fourth-order valence-electron chi connectivity index (χ4n) is 3.59. The van der Waals surface area contributed by atoms with Crippen LogP contribution in [0.2, 0.25) is 0 Å². The summed E-state index contributed by atoms with van der Waals surface area (Å²) in [6, 6.07) is -1.10. The van der Waals surface area contributed by atoms with Crippen molar-refractivity contribution in [2.75, 3.05) is 31.4 Å². The normalized spacial score (nSPS) is 22.6. The zero-order chi connectivity index (χ0) is 25.1. The molecule has 0 aromatic carbocycles. The first-order chi connectivity index (χ1) is 16.9. The number of amidine groups is 1. The number of aromatic nitrogens is 2. The smallest absolute Gasteiger partial charge is 0.353 e. The summed E-state index contributed by atoms with van der Waals surface area (Å²) >= 11 is 1.98. The van der Waals surface area contributed by atoms with Crippen molar-refractivity contribution in [1.29, 1.82) is 0 Å². The molecule has 1 aromatic heterocycles. The number of fused-ring (bicyclic) bond motifs is 1. The van der Waals surface area contributed by atoms with Crippen LogP contribution >= 0.6 is 23.3 Å². The number of oxime groups is 1. The lowest BCUT2D eigenvalue weighted by Crippen LogP contribution is -2.71. The minimum Gasteiger partial charge on any atom is -0.477 e. The molecule has 1 aromatic rings. The van der Waals surface area contributed by atoms with Crippen molar-refractivity contribution in [2.45, 2.75) is 17.8 Å². The molecule has 35 heavy (non-hydrogen) atoms. The van der Waals surface area contributed by atoms with Crippen LogP contribution in [0.15, 0.2) is 26.5 Å². The number of carbonyl (C=O) groups excluding carboxylic acids is 2. The monoisotopic (exact) mass is 526 g/mol. The highest BCUT2D eigenvalue weighted by Crippen LogP contribution is 2.40. The number of aliphatic carboxylic acids is 1. The van der Waals surface area contributed by atoms with Gasteiger partial charge in [0.1, 0.15) is 28.7 Å². The Kier molecular flexibility index (Phi) is 7.10. The summed E-state index contributed by atoms with van der Waals surface area (Å²) < 4.78 is 16.3. The van der Waals surface area contributed by atoms with E-state index in [2.05, 4.69) is 40.1 Å². The number of nitrogens with zero attached hydrogens (tertiary/aromatic N) is 6. The Bertz CT molecular complexity index is 1180. The van der Waals surface area contributed by atoms with Gasteiger partial charge in [-0.05, 0) is 6.42 Å². The van der Waals surface area contributed by atoms with Gasteiger partial charge < -0.3 is 32.2 Å². The van der Waals surface area contributed by atoms with Gasteiger partial charge in [0, 0.05) is 35.9 Å². The average molecular weight is 527 g/mol. The van der Waals surface area contributed by atoms with Crippen LogP contribution in [-0.2, 0) is 19.2 Å². The molecule has 0 bridgehead atoms. The van der Waals surface area contributed by atoms with Crippen LogP contribution < -0.4 is 22.2 Å². The second-order valence-corrected chi connectivity index (χ2v) is 9.00. The van der Waals surface area contributed by atoms with Gasteiger partial charge in [-0.3, -0.25) is 19.5 Å². The van der Waals surface area contributed by atoms with Crippen LogP contribution in [0.1, 0.15) is 12.2 Å². The standard InChI is InChI=1S/C17H19FN10O5S2/c18-5-33-26-8(12-24-17(19)35-27-12)13(29)23-9-14(30)28-10(16(31)32)6(4-34-15(9)28)7(25-20)11-21-2-1-3-22-11/h9,15H,1-5,20H2,(H,21,22)(H,23,29)(H,31,32)(H2,19,24,27). The van der Waals surface area contributed by atoms with Crippen molar-refractivity contribution in [3.63, 3.8) is 0 Å². The number of hydrogen-bond acceptors (Lipinski definition) is 14. The van der Waals surface area contributed by atoms with E-state index in [1.165, 1.54) is 11.8 Å². The molecule has 2 unspecified atom stereocenters. The second kappa shape index (κ2) is 10.2. The van der Waals surface area contributed by atoms with Gasteiger partial charge in [-0.1, -0.05) is 5.16 Å². The molecule has 1 fully saturated rings. The maximum atomic E-state index is 13.0. The van der Waals surface area contributed by atoms with Crippen molar-refractivity contribution < 1.29 is 28.7 Å². The molecule has 7 N–H and O–H groups in total. The van der Waals surface area contributed by atoms with E-state index >= 15 is 0 Å². The molecule has 3 aliphatic rings. The number of carbonyl (C=O) groups is 3. The molecule has 0 radical (unpaired) electrons. The summed E-state index contributed by atoms with van der Waals surface area (Å²) in [5, 5.41) is 21.8. The van der Waals surface area contributed by atoms with Crippen molar-refractivity contribution in [3.8, 4) is 0 Å². The zero-order valence-electron chi connectivity index (χ0n) is 17.8. The van der Waals surface area contributed by atoms with Crippen LogP contribution in [0, 0.1) is 0 Å². The fourth-order valence-corrected chi connectivity index (χ4v) is 5.37. The van der Waals surface area contributed by atoms with Crippen molar-refractivity contribution in [2.24, 2.45) is 21.1 Å². The van der Waals surface area contributed by atoms with Gasteiger partial charge in [0.25, 0.3) is 18.7 Å². The Morgan fingerprint density at radius 3 is 2.83 bits per heavy atom. The number of nitrogen functional groups attached to an aromatic ring is 1. The first-order valence-corrected chi connectivity index (χ1v) is 11.8. The highest BCUT2D eigenvalue weighted by molar-refractivity contribution is 8.00. The van der Waals surface area contributed by atoms with E-state index in [0.29, 0.717) is 18.9 Å². The van der Waals surface area contributed by atoms with Gasteiger partial charge in [0.05, 0.1) is 0 Å². The van der Waals surface area contributed by atoms with Crippen LogP contribution in [-0.4, -0.2) is 91.5 Å². The third-order valence-electron chi connectivity index (χ3n) is 5.07. The molecule has 186 valence electrons. The average Bonchev–Trinajstić information content (AvgIpc) is 3.29. The number of thioether (sulfide) groups is 1. The quantitative estimate of drug-likeness (QED) is 0.110. The van der Waals surface area contributed by atoms with Crippen molar-refractivity contribution >= 4 is 63.5 Å². The largest absolute Gasteiger partial charge is 0.477 e. The lowest BCUT2D eigenvalue weighted by molar-refractivity contribution is -0.150. The van der Waals surface area contributed by atoms with Gasteiger partial charge in [0.15, 0.2) is 5.13 Å². The third-order valence-corrected chi connectivity index (χ3v) is 6.89. The summed E-state index contributed by atoms with van der Waals surface area (Å²) in [5.74, 6) is 2.86. The number of carboxylic acid groups (broad SMARTS) is 1. The number of nitrogens with two attached hydrogens (primary N) is 2. The molecule has 4 rings (SSSR count). The second-order valence-electron chi connectivity index (χ2n) is 7.12. The highest BCUT2D eigenvalue weighted by Gasteiger charge is 2.55. The first kappa shape index (κ1) is 24.3. The predicted molar refractivity (Wildman–Crippen MR) is 124 cm³/mol. The Morgan fingerprint density at radius 1 is 1.43 bits per heavy atom. The van der Waals surface area contributed by atoms with E-state index in [-0.39, 0.29) is 33.7 Å². The van der Waals surface area contributed by atoms with E-state index in [0.717, 1.165) is 22.9 Å². The molecular weight excluding hydrogens is 507 g/mol. The van der Waals surface area contributed by atoms with Crippen molar-refractivity contribution in [1.82, 2.24) is 24.9 Å². The van der Waals surface area contributed by atoms with Gasteiger partial charge in [-0.25, -0.2) is 9.18 Å². The number of carboxylic acids is 1. The Labute approximate surface area is 204 Å². The molecule has 0 aliphatic carbocycles. The van der Waals surface area contributed by atoms with E-state index in [1.807, 2.05) is 0 Å². The number of β-lactam (4-membered cyclic amide) rings is 1. The maximum absolute atomic E-state index is 13.0. The summed E-state index contributed by atoms with van der Waals surface area (Å²) in [7, 11) is 0. The maximum Gasteiger partial charge on any atom is 0.353 e. The van der Waals surface area contributed by atoms with Crippen LogP contribution in [0.5, 0.6) is 0 Å². The molecule has 2 atom stereocenters. The molecule has 2 amide bonds. The first-order valence-electron chi connectivity index (χ1n) is 10.0. The number of hydrazone groups is 1. The summed E-state index contributed by atoms with van der Waals surface area (Å²) in [6.07, 6.45) is 0.805. The Hall–Kier alpha value is -3.80. The number of rotatable bonds is 8. The van der Waals surface area contributed by atoms with Crippen molar-refractivity contribution in [3.05, 3.63) is 17.1 Å². The lowest BCUT2D eigenvalue weighted by Gasteiger charge is -2.49. The Morgan fingerprint density at radius 2 is 2.23 bits per heavy atom. The number of anilines is 1. The number of amides is 2. The number of halogens is 1. The molecule has 1 saturated heterocycles. The van der Waals surface area contributed by atoms with E-state index in [9.17, 15) is 23.9 Å². The predicted octanol–water partition coefficient (Wildman–Crippen LogP) is -1.79. The van der Waals surface area contributed by atoms with Crippen LogP contribution in [0.3, 0.4) is 0 Å². The molecule has 15 nitrogen and oxygen atoms in total. The van der Waals surface area contributed by atoms with Crippen LogP contribution in [0.25, 0.3) is 0 Å². The molecule has 3 aliphatic heterocycles. The van der Waals surface area contributed by atoms with Gasteiger partial charge in [-0.2, -0.15) is 14.5 Å². The topological polar surface area (TPSA) is 223 Å². The number of alkyl halides is 1. The Balaban J connectivity index is 1.58. The molecular formula is C17H19FN10O5S2. The molecule has 0 spiro atoms. The zero-order valence-corrected chi connectivity index (χ0v) is 19.4. The van der Waals surface area contributed by atoms with Crippen LogP contribution in [0.4, 0.5) is 9.52 Å². The van der Waals surface area contributed by atoms with Gasteiger partial charge in [0.2, 0.25) is 11.5 Å². The SMILES string of the molecule is NN=C(C1=NCCCN1)C1=C(C(=O)O)N2C(=O)C(NC(=O)C(=NOCF)c3nsc(N)n3)C2SC1. The highest BCUT2D eigenvalue weighted by atomic mass is 32.2. The van der Waals surface area contributed by atoms with E-state index in [1.54, 1.807) is 0 Å². The minimum absolute atomic E-state index is 0.0349. The molecule has 0 saturated carbocycles. The summed E-state index contributed by atoms with van der Waals surface area (Å²) in [5.41, 5.74) is 5.12. The number of aliphatic imine (C=N–C) groups is 1. The number of hydrogen-bond donors (Lipinski definition) is 5. The molecule has 18 heteroatoms. The molecule has 4 heterocycles. The van der Waals surface area contributed by atoms with E-state index < -0.39 is 41.8 Å². The summed E-state index contributed by atoms with van der Waals surface area (Å²) in [4.78, 5) is 51.4. The van der Waals surface area contributed by atoms with Gasteiger partial charge >= 0.3 is 5.97 Å². The van der Waals surface area contributed by atoms with Gasteiger partial charge in [-0.15, -0.1) is 11.8 Å². The summed E-state index contributed by atoms with van der Waals surface area (Å²) in [6.45, 7) is -0.166.